The zero-order valence-corrected chi connectivity index (χ0v) is 18.0. The summed E-state index contributed by atoms with van der Waals surface area (Å²) < 4.78 is 41.3. The van der Waals surface area contributed by atoms with Gasteiger partial charge in [-0.1, -0.05) is 0 Å². The minimum absolute atomic E-state index is 0.0369. The van der Waals surface area contributed by atoms with Gasteiger partial charge in [0.25, 0.3) is 0 Å². The molecular weight excluding hydrogens is 407 g/mol. The van der Waals surface area contributed by atoms with Crippen molar-refractivity contribution in [1.82, 2.24) is 19.4 Å². The Hall–Kier alpha value is -2.81. The molecule has 1 unspecified atom stereocenters. The summed E-state index contributed by atoms with van der Waals surface area (Å²) in [6.45, 7) is 7.43. The molecule has 0 aliphatic carbocycles. The molecule has 0 amide bonds. The number of nitrogens with one attached hydrogen (secondary N) is 1. The molecule has 1 aliphatic heterocycles. The maximum absolute atomic E-state index is 13.1. The van der Waals surface area contributed by atoms with E-state index in [1.807, 2.05) is 30.5 Å². The van der Waals surface area contributed by atoms with Crippen molar-refractivity contribution in [2.24, 2.45) is 0 Å². The van der Waals surface area contributed by atoms with Crippen molar-refractivity contribution >= 4 is 17.0 Å². The second-order valence-electron chi connectivity index (χ2n) is 8.52. The van der Waals surface area contributed by atoms with Crippen LogP contribution in [0.5, 0.6) is 5.75 Å². The van der Waals surface area contributed by atoms with E-state index >= 15 is 0 Å². The van der Waals surface area contributed by atoms with Crippen LogP contribution in [0.4, 0.5) is 19.0 Å². The average molecular weight is 433 g/mol. The van der Waals surface area contributed by atoms with E-state index in [0.29, 0.717) is 28.9 Å². The van der Waals surface area contributed by atoms with Crippen LogP contribution in [0.1, 0.15) is 37.4 Å². The number of phenolic OH excluding ortho intramolecular Hbond substituents is 1. The second kappa shape index (κ2) is 7.71. The number of aromatic hydroxyl groups is 1. The van der Waals surface area contributed by atoms with Crippen LogP contribution < -0.4 is 5.32 Å². The number of anilines is 1. The fraction of sp³-hybridized carbons (Fsp3) is 0.455. The van der Waals surface area contributed by atoms with Gasteiger partial charge in [-0.3, -0.25) is 0 Å². The molecule has 6 nitrogen and oxygen atoms in total. The predicted octanol–water partition coefficient (Wildman–Crippen LogP) is 4.83. The number of alkyl halides is 3. The maximum atomic E-state index is 13.1. The van der Waals surface area contributed by atoms with Crippen molar-refractivity contribution in [3.05, 3.63) is 35.4 Å². The Labute approximate surface area is 178 Å². The van der Waals surface area contributed by atoms with E-state index in [9.17, 15) is 18.3 Å². The minimum Gasteiger partial charge on any atom is -0.507 e. The lowest BCUT2D eigenvalue weighted by molar-refractivity contribution is -0.137. The number of likely N-dealkylation sites (tertiary alicyclic amines) is 1. The molecule has 1 aromatic carbocycles. The molecule has 1 saturated heterocycles. The number of halogens is 3. The topological polar surface area (TPSA) is 66.2 Å². The van der Waals surface area contributed by atoms with Crippen LogP contribution in [0.25, 0.3) is 22.6 Å². The lowest BCUT2D eigenvalue weighted by Crippen LogP contribution is -2.23. The summed E-state index contributed by atoms with van der Waals surface area (Å²) in [7, 11) is 2.08. The standard InChI is InChI=1S/C22H26F3N5O/c1-12(2)30-16-5-6-18(26-15-7-8-29(4)11-15)27-20(16)28-21(30)19-13(3)9-14(10-17(19)31)22(23,24)25/h5-6,9-10,12,15,31H,7-8,11H2,1-4H3,(H,26,27). The van der Waals surface area contributed by atoms with Gasteiger partial charge in [-0.25, -0.2) is 9.97 Å². The number of pyridine rings is 1. The minimum atomic E-state index is -4.53. The second-order valence-corrected chi connectivity index (χ2v) is 8.52. The first-order valence-electron chi connectivity index (χ1n) is 10.3. The molecule has 1 fully saturated rings. The molecule has 1 aliphatic rings. The monoisotopic (exact) mass is 433 g/mol. The Morgan fingerprint density at radius 3 is 2.52 bits per heavy atom. The first-order valence-corrected chi connectivity index (χ1v) is 10.3. The van der Waals surface area contributed by atoms with Crippen LogP contribution in [-0.2, 0) is 6.18 Å². The summed E-state index contributed by atoms with van der Waals surface area (Å²) in [6.07, 6.45) is -3.50. The molecule has 1 atom stereocenters. The van der Waals surface area contributed by atoms with Gasteiger partial charge in [-0.2, -0.15) is 13.2 Å². The normalized spacial score (nSPS) is 17.7. The summed E-state index contributed by atoms with van der Waals surface area (Å²) >= 11 is 0. The van der Waals surface area contributed by atoms with Gasteiger partial charge >= 0.3 is 6.18 Å². The molecule has 31 heavy (non-hydrogen) atoms. The van der Waals surface area contributed by atoms with Crippen LogP contribution in [-0.4, -0.2) is 50.7 Å². The Bertz CT molecular complexity index is 1100. The quantitative estimate of drug-likeness (QED) is 0.617. The van der Waals surface area contributed by atoms with Gasteiger partial charge in [0.2, 0.25) is 0 Å². The SMILES string of the molecule is Cc1cc(C(F)(F)F)cc(O)c1-c1nc2nc(NC3CCN(C)C3)ccc2n1C(C)C. The third-order valence-electron chi connectivity index (χ3n) is 5.68. The first kappa shape index (κ1) is 21.4. The molecule has 166 valence electrons. The molecule has 0 bridgehead atoms. The molecule has 3 heterocycles. The number of imidazole rings is 1. The summed E-state index contributed by atoms with van der Waals surface area (Å²) in [5.74, 6) is 0.664. The van der Waals surface area contributed by atoms with Crippen LogP contribution in [0.2, 0.25) is 0 Å². The highest BCUT2D eigenvalue weighted by atomic mass is 19.4. The van der Waals surface area contributed by atoms with Gasteiger partial charge in [-0.05, 0) is 70.6 Å². The number of phenols is 1. The Kier molecular flexibility index (Phi) is 5.33. The number of hydrogen-bond acceptors (Lipinski definition) is 5. The molecule has 2 aromatic heterocycles. The first-order chi connectivity index (χ1) is 14.5. The number of likely N-dealkylation sites (N-methyl/N-ethyl adjacent to an activating group) is 1. The van der Waals surface area contributed by atoms with E-state index in [2.05, 4.69) is 27.2 Å². The van der Waals surface area contributed by atoms with Crippen molar-refractivity contribution in [2.75, 3.05) is 25.5 Å². The van der Waals surface area contributed by atoms with Crippen molar-refractivity contribution in [1.29, 1.82) is 0 Å². The number of fused-ring (bicyclic) bond motifs is 1. The number of benzene rings is 1. The fourth-order valence-corrected chi connectivity index (χ4v) is 4.24. The van der Waals surface area contributed by atoms with E-state index in [1.165, 1.54) is 0 Å². The van der Waals surface area contributed by atoms with Gasteiger partial charge in [0.1, 0.15) is 17.4 Å². The maximum Gasteiger partial charge on any atom is 0.416 e. The van der Waals surface area contributed by atoms with Gasteiger partial charge < -0.3 is 19.9 Å². The molecule has 3 aromatic rings. The highest BCUT2D eigenvalue weighted by molar-refractivity contribution is 5.82. The van der Waals surface area contributed by atoms with Gasteiger partial charge in [0.05, 0.1) is 16.6 Å². The third kappa shape index (κ3) is 4.06. The highest BCUT2D eigenvalue weighted by Gasteiger charge is 2.33. The van der Waals surface area contributed by atoms with Crippen molar-refractivity contribution in [3.63, 3.8) is 0 Å². The van der Waals surface area contributed by atoms with E-state index in [-0.39, 0.29) is 11.6 Å². The number of aryl methyl sites for hydroxylation is 1. The van der Waals surface area contributed by atoms with Crippen LogP contribution >= 0.6 is 0 Å². The van der Waals surface area contributed by atoms with Crippen molar-refractivity contribution in [2.45, 2.75) is 45.5 Å². The summed E-state index contributed by atoms with van der Waals surface area (Å²) in [5, 5.41) is 13.9. The molecule has 2 N–H and O–H groups in total. The smallest absolute Gasteiger partial charge is 0.416 e. The van der Waals surface area contributed by atoms with E-state index < -0.39 is 17.5 Å². The van der Waals surface area contributed by atoms with Gasteiger partial charge in [-0.15, -0.1) is 0 Å². The van der Waals surface area contributed by atoms with Crippen LogP contribution in [0.3, 0.4) is 0 Å². The zero-order valence-electron chi connectivity index (χ0n) is 18.0. The Morgan fingerprint density at radius 1 is 1.19 bits per heavy atom. The van der Waals surface area contributed by atoms with Crippen molar-refractivity contribution < 1.29 is 18.3 Å². The van der Waals surface area contributed by atoms with E-state index in [1.54, 1.807) is 6.92 Å². The fourth-order valence-electron chi connectivity index (χ4n) is 4.24. The summed E-state index contributed by atoms with van der Waals surface area (Å²) in [6, 6.07) is 5.87. The Morgan fingerprint density at radius 2 is 1.94 bits per heavy atom. The van der Waals surface area contributed by atoms with Gasteiger partial charge in [0, 0.05) is 18.6 Å². The molecule has 0 spiro atoms. The predicted molar refractivity (Wildman–Crippen MR) is 114 cm³/mol. The summed E-state index contributed by atoms with van der Waals surface area (Å²) in [5.41, 5.74) is 0.949. The number of nitrogens with zero attached hydrogens (tertiary/aromatic N) is 4. The number of rotatable bonds is 4. The van der Waals surface area contributed by atoms with Crippen LogP contribution in [0, 0.1) is 6.92 Å². The lowest BCUT2D eigenvalue weighted by Gasteiger charge is -2.17. The number of aromatic nitrogens is 3. The molecule has 9 heteroatoms. The summed E-state index contributed by atoms with van der Waals surface area (Å²) in [4.78, 5) is 11.5. The lowest BCUT2D eigenvalue weighted by atomic mass is 10.0. The number of hydrogen-bond donors (Lipinski definition) is 2. The van der Waals surface area contributed by atoms with E-state index in [0.717, 1.165) is 37.2 Å². The molecule has 4 rings (SSSR count). The third-order valence-corrected chi connectivity index (χ3v) is 5.68. The largest absolute Gasteiger partial charge is 0.507 e. The van der Waals surface area contributed by atoms with Crippen molar-refractivity contribution in [3.8, 4) is 17.1 Å². The Balaban J connectivity index is 1.80. The molecule has 0 saturated carbocycles. The van der Waals surface area contributed by atoms with Gasteiger partial charge in [0.15, 0.2) is 5.65 Å². The average Bonchev–Trinajstić information content (AvgIpc) is 3.23. The zero-order chi connectivity index (χ0) is 22.5. The van der Waals surface area contributed by atoms with Crippen LogP contribution in [0.15, 0.2) is 24.3 Å². The highest BCUT2D eigenvalue weighted by Crippen LogP contribution is 2.40. The van der Waals surface area contributed by atoms with E-state index in [4.69, 9.17) is 0 Å². The molecular formula is C22H26F3N5O. The molecule has 0 radical (unpaired) electrons.